The molecule has 0 spiro atoms. The fourth-order valence-electron chi connectivity index (χ4n) is 3.82. The summed E-state index contributed by atoms with van der Waals surface area (Å²) < 4.78 is 70.6. The van der Waals surface area contributed by atoms with Gasteiger partial charge in [-0.2, -0.15) is 0 Å². The second kappa shape index (κ2) is 7.79. The summed E-state index contributed by atoms with van der Waals surface area (Å²) in [6, 6.07) is 2.83. The van der Waals surface area contributed by atoms with E-state index in [0.29, 0.717) is 0 Å². The number of benzene rings is 1. The van der Waals surface area contributed by atoms with Gasteiger partial charge in [0, 0.05) is 0 Å². The zero-order valence-electron chi connectivity index (χ0n) is 15.4. The summed E-state index contributed by atoms with van der Waals surface area (Å²) >= 11 is 5.88. The molecule has 11 heteroatoms. The number of sulfone groups is 1. The maximum absolute atomic E-state index is 13.3. The van der Waals surface area contributed by atoms with Crippen molar-refractivity contribution >= 4 is 33.3 Å². The van der Waals surface area contributed by atoms with Crippen LogP contribution in [0.3, 0.4) is 0 Å². The predicted molar refractivity (Wildman–Crippen MR) is 96.8 cm³/mol. The number of amides is 1. The fraction of sp³-hybridized carbons (Fsp3) is 0.556. The van der Waals surface area contributed by atoms with E-state index in [1.165, 1.54) is 0 Å². The number of nitrogens with zero attached hydrogens (tertiary/aromatic N) is 1. The Balaban J connectivity index is 1.87. The molecule has 1 aliphatic heterocycles. The van der Waals surface area contributed by atoms with Gasteiger partial charge in [0.1, 0.15) is 5.82 Å². The number of esters is 1. The minimum Gasteiger partial charge on any atom is -0.466 e. The van der Waals surface area contributed by atoms with Crippen molar-refractivity contribution in [3.05, 3.63) is 29.0 Å². The molecule has 1 amide bonds. The number of carbonyl (C=O) groups excluding carboxylic acids is 2. The number of ether oxygens (including phenoxy) is 1. The molecule has 3 rings (SSSR count). The molecule has 1 aliphatic carbocycles. The largest absolute Gasteiger partial charge is 0.466 e. The molecule has 1 aromatic carbocycles. The Kier molecular flexibility index (Phi) is 5.88. The Morgan fingerprint density at radius 2 is 1.86 bits per heavy atom. The third kappa shape index (κ3) is 4.23. The van der Waals surface area contributed by atoms with Crippen molar-refractivity contribution in [3.63, 3.8) is 0 Å². The lowest BCUT2D eigenvalue weighted by Crippen LogP contribution is -2.60. The first-order chi connectivity index (χ1) is 13.5. The van der Waals surface area contributed by atoms with Crippen LogP contribution in [0, 0.1) is 17.7 Å². The molecule has 6 nitrogen and oxygen atoms in total. The average molecular weight is 454 g/mol. The standard InChI is InChI=1S/C18H19ClF3NO5S/c1-2-28-17(25)13-7-11(6-12(13)16(24)23-8-18(21,22)9-23)29(26,27)15-4-3-10(20)5-14(15)19/h3-5,11-13H,2,6-9H2,1H3/t11-,12+,13+/m0/s1. The zero-order valence-corrected chi connectivity index (χ0v) is 17.0. The molecule has 2 aliphatic rings. The summed E-state index contributed by atoms with van der Waals surface area (Å²) in [5.41, 5.74) is 0. The highest BCUT2D eigenvalue weighted by Crippen LogP contribution is 2.42. The Morgan fingerprint density at radius 1 is 1.24 bits per heavy atom. The molecule has 1 aromatic rings. The van der Waals surface area contributed by atoms with Gasteiger partial charge in [0.05, 0.1) is 46.7 Å². The first-order valence-corrected chi connectivity index (χ1v) is 10.9. The first-order valence-electron chi connectivity index (χ1n) is 8.98. The van der Waals surface area contributed by atoms with Crippen LogP contribution in [0.15, 0.2) is 23.1 Å². The summed E-state index contributed by atoms with van der Waals surface area (Å²) in [7, 11) is -4.10. The number of alkyl halides is 2. The molecule has 3 atom stereocenters. The number of likely N-dealkylation sites (tertiary alicyclic amines) is 1. The van der Waals surface area contributed by atoms with Crippen molar-refractivity contribution in [3.8, 4) is 0 Å². The van der Waals surface area contributed by atoms with E-state index in [4.69, 9.17) is 16.3 Å². The first kappa shape index (κ1) is 21.9. The molecular weight excluding hydrogens is 435 g/mol. The topological polar surface area (TPSA) is 80.8 Å². The van der Waals surface area contributed by atoms with Crippen LogP contribution in [-0.4, -0.2) is 56.1 Å². The summed E-state index contributed by atoms with van der Waals surface area (Å²) in [5.74, 6) is -7.31. The quantitative estimate of drug-likeness (QED) is 0.506. The third-order valence-corrected chi connectivity index (χ3v) is 7.88. The Morgan fingerprint density at radius 3 is 2.41 bits per heavy atom. The van der Waals surface area contributed by atoms with Crippen LogP contribution >= 0.6 is 11.6 Å². The van der Waals surface area contributed by atoms with Crippen molar-refractivity contribution in [2.45, 2.75) is 35.8 Å². The molecule has 0 bridgehead atoms. The molecule has 0 radical (unpaired) electrons. The fourth-order valence-corrected chi connectivity index (χ4v) is 6.17. The summed E-state index contributed by atoms with van der Waals surface area (Å²) in [6.07, 6.45) is -0.448. The molecular formula is C18H19ClF3NO5S. The second-order valence-corrected chi connectivity index (χ2v) is 9.83. The molecule has 0 aromatic heterocycles. The minimum absolute atomic E-state index is 0.0270. The lowest BCUT2D eigenvalue weighted by Gasteiger charge is -2.40. The monoisotopic (exact) mass is 453 g/mol. The minimum atomic E-state index is -4.10. The smallest absolute Gasteiger partial charge is 0.309 e. The maximum atomic E-state index is 13.3. The van der Waals surface area contributed by atoms with Gasteiger partial charge in [0.25, 0.3) is 5.92 Å². The zero-order chi connectivity index (χ0) is 21.6. The highest BCUT2D eigenvalue weighted by molar-refractivity contribution is 7.92. The Bertz CT molecular complexity index is 931. The van der Waals surface area contributed by atoms with Crippen LogP contribution in [0.1, 0.15) is 19.8 Å². The molecule has 29 heavy (non-hydrogen) atoms. The van der Waals surface area contributed by atoms with Crippen LogP contribution < -0.4 is 0 Å². The number of carbonyl (C=O) groups is 2. The Labute approximate surface area is 170 Å². The number of hydrogen-bond donors (Lipinski definition) is 0. The van der Waals surface area contributed by atoms with Gasteiger partial charge in [-0.1, -0.05) is 11.6 Å². The molecule has 0 N–H and O–H groups in total. The van der Waals surface area contributed by atoms with Crippen LogP contribution in [0.25, 0.3) is 0 Å². The van der Waals surface area contributed by atoms with E-state index in [1.807, 2.05) is 0 Å². The van der Waals surface area contributed by atoms with Crippen LogP contribution in [-0.2, 0) is 24.2 Å². The van der Waals surface area contributed by atoms with Crippen LogP contribution in [0.5, 0.6) is 0 Å². The van der Waals surface area contributed by atoms with Gasteiger partial charge in [-0.05, 0) is 38.0 Å². The number of halogens is 4. The van der Waals surface area contributed by atoms with E-state index in [1.54, 1.807) is 6.92 Å². The van der Waals surface area contributed by atoms with Crippen molar-refractivity contribution < 1.29 is 35.9 Å². The Hall–Kier alpha value is -1.81. The van der Waals surface area contributed by atoms with Crippen LogP contribution in [0.4, 0.5) is 13.2 Å². The normalized spacial score (nSPS) is 26.1. The van der Waals surface area contributed by atoms with E-state index < -0.39 is 63.6 Å². The van der Waals surface area contributed by atoms with E-state index in [9.17, 15) is 31.2 Å². The van der Waals surface area contributed by atoms with Crippen LogP contribution in [0.2, 0.25) is 5.02 Å². The van der Waals surface area contributed by atoms with Gasteiger partial charge in [-0.15, -0.1) is 0 Å². The van der Waals surface area contributed by atoms with Gasteiger partial charge in [-0.25, -0.2) is 21.6 Å². The van der Waals surface area contributed by atoms with Gasteiger partial charge < -0.3 is 9.64 Å². The molecule has 2 fully saturated rings. The van der Waals surface area contributed by atoms with Gasteiger partial charge in [0.15, 0.2) is 9.84 Å². The van der Waals surface area contributed by atoms with Crippen molar-refractivity contribution in [2.24, 2.45) is 11.8 Å². The highest BCUT2D eigenvalue weighted by Gasteiger charge is 2.54. The SMILES string of the molecule is CCOC(=O)[C@@H]1C[C@@H](S(=O)(=O)c2ccc(F)cc2Cl)C[C@H]1C(=O)N1CC(F)(F)C1. The summed E-state index contributed by atoms with van der Waals surface area (Å²) in [5, 5.41) is -1.47. The maximum Gasteiger partial charge on any atom is 0.309 e. The van der Waals surface area contributed by atoms with Crippen molar-refractivity contribution in [1.29, 1.82) is 0 Å². The molecule has 0 unspecified atom stereocenters. The van der Waals surface area contributed by atoms with E-state index >= 15 is 0 Å². The van der Waals surface area contributed by atoms with Gasteiger partial charge in [0.2, 0.25) is 5.91 Å². The van der Waals surface area contributed by atoms with E-state index in [2.05, 4.69) is 0 Å². The van der Waals surface area contributed by atoms with Gasteiger partial charge in [-0.3, -0.25) is 9.59 Å². The summed E-state index contributed by atoms with van der Waals surface area (Å²) in [6.45, 7) is 0.0591. The lowest BCUT2D eigenvalue weighted by atomic mass is 9.93. The van der Waals surface area contributed by atoms with Gasteiger partial charge >= 0.3 is 5.97 Å². The third-order valence-electron chi connectivity index (χ3n) is 5.22. The average Bonchev–Trinajstić information content (AvgIpc) is 3.05. The van der Waals surface area contributed by atoms with Crippen molar-refractivity contribution in [2.75, 3.05) is 19.7 Å². The second-order valence-electron chi connectivity index (χ2n) is 7.23. The van der Waals surface area contributed by atoms with E-state index in [-0.39, 0.29) is 29.4 Å². The molecule has 1 heterocycles. The molecule has 1 saturated carbocycles. The lowest BCUT2D eigenvalue weighted by molar-refractivity contribution is -0.173. The summed E-state index contributed by atoms with van der Waals surface area (Å²) in [4.78, 5) is 25.6. The highest BCUT2D eigenvalue weighted by atomic mass is 35.5. The van der Waals surface area contributed by atoms with Crippen molar-refractivity contribution in [1.82, 2.24) is 4.90 Å². The number of rotatable bonds is 5. The molecule has 160 valence electrons. The number of hydrogen-bond acceptors (Lipinski definition) is 5. The molecule has 1 saturated heterocycles. The van der Waals surface area contributed by atoms with E-state index in [0.717, 1.165) is 23.1 Å². The predicted octanol–water partition coefficient (Wildman–Crippen LogP) is 2.69.